The minimum Gasteiger partial charge on any atom is -0.368 e. The minimum atomic E-state index is -0.00493. The second-order valence-corrected chi connectivity index (χ2v) is 6.67. The first-order chi connectivity index (χ1) is 12.1. The Morgan fingerprint density at radius 3 is 2.32 bits per heavy atom. The molecule has 1 N–H and O–H groups in total. The van der Waals surface area contributed by atoms with Crippen molar-refractivity contribution in [1.82, 2.24) is 4.90 Å². The van der Waals surface area contributed by atoms with Crippen LogP contribution in [0.15, 0.2) is 42.5 Å². The van der Waals surface area contributed by atoms with Gasteiger partial charge in [0.1, 0.15) is 0 Å². The van der Waals surface area contributed by atoms with Crippen molar-refractivity contribution in [3.63, 3.8) is 0 Å². The zero-order valence-corrected chi connectivity index (χ0v) is 15.4. The molecule has 1 aliphatic rings. The number of carbonyl (C=O) groups excluding carboxylic acids is 1. The van der Waals surface area contributed by atoms with Gasteiger partial charge in [0.25, 0.3) is 0 Å². The molecule has 0 spiro atoms. The Kier molecular flexibility index (Phi) is 5.27. The van der Waals surface area contributed by atoms with Crippen molar-refractivity contribution in [2.24, 2.45) is 0 Å². The first-order valence-electron chi connectivity index (χ1n) is 9.04. The maximum absolute atomic E-state index is 12.6. The van der Waals surface area contributed by atoms with Gasteiger partial charge in [0, 0.05) is 37.6 Å². The zero-order chi connectivity index (χ0) is 17.8. The van der Waals surface area contributed by atoms with Gasteiger partial charge in [-0.1, -0.05) is 31.2 Å². The van der Waals surface area contributed by atoms with Crippen LogP contribution in [0.4, 0.5) is 16.2 Å². The Hall–Kier alpha value is -2.49. The van der Waals surface area contributed by atoms with E-state index in [0.29, 0.717) is 0 Å². The summed E-state index contributed by atoms with van der Waals surface area (Å²) in [5.41, 5.74) is 5.83. The monoisotopic (exact) mass is 337 g/mol. The average Bonchev–Trinajstić information content (AvgIpc) is 2.65. The molecule has 4 nitrogen and oxygen atoms in total. The van der Waals surface area contributed by atoms with Crippen LogP contribution in [-0.4, -0.2) is 37.1 Å². The third kappa shape index (κ3) is 3.95. The summed E-state index contributed by atoms with van der Waals surface area (Å²) >= 11 is 0. The summed E-state index contributed by atoms with van der Waals surface area (Å²) in [5, 5.41) is 3.06. The molecule has 25 heavy (non-hydrogen) atoms. The standard InChI is InChI=1S/C21H27N3O/c1-4-18-8-10-19(11-9-18)23-12-14-24(15-13-23)21(25)22-20-7-5-6-16(2)17(20)3/h5-11H,4,12-15H2,1-3H3,(H,22,25). The van der Waals surface area contributed by atoms with Gasteiger partial charge in [-0.3, -0.25) is 0 Å². The van der Waals surface area contributed by atoms with Crippen LogP contribution in [0.2, 0.25) is 0 Å². The van der Waals surface area contributed by atoms with Gasteiger partial charge in [-0.05, 0) is 55.2 Å². The average molecular weight is 337 g/mol. The Balaban J connectivity index is 1.57. The molecule has 0 radical (unpaired) electrons. The molecular formula is C21H27N3O. The Bertz CT molecular complexity index is 731. The molecule has 4 heteroatoms. The van der Waals surface area contributed by atoms with Gasteiger partial charge in [-0.25, -0.2) is 4.79 Å². The van der Waals surface area contributed by atoms with Crippen molar-refractivity contribution in [1.29, 1.82) is 0 Å². The molecule has 2 aromatic rings. The Morgan fingerprint density at radius 2 is 1.68 bits per heavy atom. The first-order valence-corrected chi connectivity index (χ1v) is 9.04. The van der Waals surface area contributed by atoms with Gasteiger partial charge in [-0.2, -0.15) is 0 Å². The fraction of sp³-hybridized carbons (Fsp3) is 0.381. The number of nitrogens with one attached hydrogen (secondary N) is 1. The fourth-order valence-electron chi connectivity index (χ4n) is 3.19. The molecule has 2 aromatic carbocycles. The summed E-state index contributed by atoms with van der Waals surface area (Å²) in [6.45, 7) is 9.49. The van der Waals surface area contributed by atoms with E-state index in [1.165, 1.54) is 16.8 Å². The smallest absolute Gasteiger partial charge is 0.321 e. The lowest BCUT2D eigenvalue weighted by Gasteiger charge is -2.36. The minimum absolute atomic E-state index is 0.00493. The van der Waals surface area contributed by atoms with Crippen LogP contribution < -0.4 is 10.2 Å². The second-order valence-electron chi connectivity index (χ2n) is 6.67. The van der Waals surface area contributed by atoms with E-state index in [1.54, 1.807) is 0 Å². The summed E-state index contributed by atoms with van der Waals surface area (Å²) in [4.78, 5) is 16.8. The maximum atomic E-state index is 12.6. The maximum Gasteiger partial charge on any atom is 0.321 e. The largest absolute Gasteiger partial charge is 0.368 e. The molecule has 2 amide bonds. The van der Waals surface area contributed by atoms with Crippen LogP contribution in [0.25, 0.3) is 0 Å². The molecule has 0 aromatic heterocycles. The van der Waals surface area contributed by atoms with E-state index >= 15 is 0 Å². The highest BCUT2D eigenvalue weighted by atomic mass is 16.2. The van der Waals surface area contributed by atoms with Crippen molar-refractivity contribution in [3.05, 3.63) is 59.2 Å². The third-order valence-electron chi connectivity index (χ3n) is 5.12. The fourth-order valence-corrected chi connectivity index (χ4v) is 3.19. The molecule has 1 aliphatic heterocycles. The number of urea groups is 1. The lowest BCUT2D eigenvalue weighted by atomic mass is 10.1. The number of anilines is 2. The number of benzene rings is 2. The normalized spacial score (nSPS) is 14.5. The van der Waals surface area contributed by atoms with E-state index in [9.17, 15) is 4.79 Å². The van der Waals surface area contributed by atoms with E-state index in [2.05, 4.69) is 54.4 Å². The molecule has 0 unspecified atom stereocenters. The quantitative estimate of drug-likeness (QED) is 0.910. The van der Waals surface area contributed by atoms with Crippen molar-refractivity contribution in [2.75, 3.05) is 36.4 Å². The van der Waals surface area contributed by atoms with E-state index in [0.717, 1.165) is 43.9 Å². The Morgan fingerprint density at radius 1 is 1.00 bits per heavy atom. The highest BCUT2D eigenvalue weighted by Gasteiger charge is 2.21. The number of carbonyl (C=O) groups is 1. The van der Waals surface area contributed by atoms with Crippen molar-refractivity contribution >= 4 is 17.4 Å². The van der Waals surface area contributed by atoms with Gasteiger partial charge in [0.05, 0.1) is 0 Å². The van der Waals surface area contributed by atoms with Crippen LogP contribution in [0, 0.1) is 13.8 Å². The predicted molar refractivity (Wildman–Crippen MR) is 105 cm³/mol. The molecule has 1 saturated heterocycles. The van der Waals surface area contributed by atoms with Crippen LogP contribution in [-0.2, 0) is 6.42 Å². The lowest BCUT2D eigenvalue weighted by Crippen LogP contribution is -2.50. The number of hydrogen-bond donors (Lipinski definition) is 1. The molecule has 0 atom stereocenters. The van der Waals surface area contributed by atoms with Crippen LogP contribution in [0.1, 0.15) is 23.6 Å². The lowest BCUT2D eigenvalue weighted by molar-refractivity contribution is 0.208. The van der Waals surface area contributed by atoms with Crippen molar-refractivity contribution < 1.29 is 4.79 Å². The van der Waals surface area contributed by atoms with Crippen molar-refractivity contribution in [3.8, 4) is 0 Å². The molecule has 0 aliphatic carbocycles. The Labute approximate surface area is 150 Å². The second kappa shape index (κ2) is 7.60. The molecular weight excluding hydrogens is 310 g/mol. The SMILES string of the molecule is CCc1ccc(N2CCN(C(=O)Nc3cccc(C)c3C)CC2)cc1. The van der Waals surface area contributed by atoms with Crippen LogP contribution >= 0.6 is 0 Å². The zero-order valence-electron chi connectivity index (χ0n) is 15.4. The summed E-state index contributed by atoms with van der Waals surface area (Å²) < 4.78 is 0. The molecule has 132 valence electrons. The summed E-state index contributed by atoms with van der Waals surface area (Å²) in [5.74, 6) is 0. The van der Waals surface area contributed by atoms with E-state index in [-0.39, 0.29) is 6.03 Å². The molecule has 3 rings (SSSR count). The van der Waals surface area contributed by atoms with Crippen molar-refractivity contribution in [2.45, 2.75) is 27.2 Å². The third-order valence-corrected chi connectivity index (χ3v) is 5.12. The van der Waals surface area contributed by atoms with Crippen LogP contribution in [0.5, 0.6) is 0 Å². The highest BCUT2D eigenvalue weighted by Crippen LogP contribution is 2.20. The van der Waals surface area contributed by atoms with E-state index in [1.807, 2.05) is 24.0 Å². The molecule has 0 saturated carbocycles. The molecule has 0 bridgehead atoms. The number of rotatable bonds is 3. The van der Waals surface area contributed by atoms with Gasteiger partial charge in [-0.15, -0.1) is 0 Å². The summed E-state index contributed by atoms with van der Waals surface area (Å²) in [6.07, 6.45) is 1.06. The van der Waals surface area contributed by atoms with Gasteiger partial charge >= 0.3 is 6.03 Å². The molecule has 1 heterocycles. The number of piperazine rings is 1. The topological polar surface area (TPSA) is 35.6 Å². The number of hydrogen-bond acceptors (Lipinski definition) is 2. The number of amides is 2. The first kappa shape index (κ1) is 17.3. The summed E-state index contributed by atoms with van der Waals surface area (Å²) in [7, 11) is 0. The van der Waals surface area contributed by atoms with E-state index < -0.39 is 0 Å². The van der Waals surface area contributed by atoms with Gasteiger partial charge in [0.2, 0.25) is 0 Å². The number of nitrogens with zero attached hydrogens (tertiary/aromatic N) is 2. The molecule has 1 fully saturated rings. The van der Waals surface area contributed by atoms with E-state index in [4.69, 9.17) is 0 Å². The predicted octanol–water partition coefficient (Wildman–Crippen LogP) is 4.22. The van der Waals surface area contributed by atoms with Gasteiger partial charge in [0.15, 0.2) is 0 Å². The summed E-state index contributed by atoms with van der Waals surface area (Å²) in [6, 6.07) is 14.8. The van der Waals surface area contributed by atoms with Gasteiger partial charge < -0.3 is 15.1 Å². The number of aryl methyl sites for hydroxylation is 2. The van der Waals surface area contributed by atoms with Crippen LogP contribution in [0.3, 0.4) is 0 Å². The highest BCUT2D eigenvalue weighted by molar-refractivity contribution is 5.90.